The molecule has 6 nitrogen and oxygen atoms in total. The lowest BCUT2D eigenvalue weighted by atomic mass is 9.96. The highest BCUT2D eigenvalue weighted by Crippen LogP contribution is 2.34. The van der Waals surface area contributed by atoms with Crippen LogP contribution in [0.2, 0.25) is 0 Å². The molecule has 142 valence electrons. The van der Waals surface area contributed by atoms with Gasteiger partial charge in [-0.15, -0.1) is 11.3 Å². The van der Waals surface area contributed by atoms with E-state index >= 15 is 0 Å². The van der Waals surface area contributed by atoms with E-state index in [4.69, 9.17) is 9.51 Å². The van der Waals surface area contributed by atoms with Crippen molar-refractivity contribution in [2.45, 2.75) is 32.6 Å². The van der Waals surface area contributed by atoms with Gasteiger partial charge >= 0.3 is 0 Å². The lowest BCUT2D eigenvalue weighted by molar-refractivity contribution is 0.0714. The molecule has 1 aliphatic heterocycles. The summed E-state index contributed by atoms with van der Waals surface area (Å²) in [5, 5.41) is 5.89. The first-order valence-corrected chi connectivity index (χ1v) is 10.3. The molecule has 3 aromatic heterocycles. The Labute approximate surface area is 166 Å². The van der Waals surface area contributed by atoms with Crippen LogP contribution >= 0.6 is 11.3 Å². The van der Waals surface area contributed by atoms with Crippen LogP contribution < -0.4 is 0 Å². The SMILES string of the molecule is Cc1cc(C(=O)N2CCC(c3nc4ccccc4s3)CC2)c2c(C)noc2n1. The minimum Gasteiger partial charge on any atom is -0.339 e. The van der Waals surface area contributed by atoms with Crippen molar-refractivity contribution >= 4 is 38.6 Å². The lowest BCUT2D eigenvalue weighted by Crippen LogP contribution is -2.38. The topological polar surface area (TPSA) is 72.1 Å². The van der Waals surface area contributed by atoms with Gasteiger partial charge in [0.25, 0.3) is 11.6 Å². The minimum absolute atomic E-state index is 0.0320. The van der Waals surface area contributed by atoms with Gasteiger partial charge in [-0.2, -0.15) is 0 Å². The number of pyridine rings is 1. The van der Waals surface area contributed by atoms with Gasteiger partial charge in [-0.05, 0) is 44.9 Å². The molecule has 4 aromatic rings. The van der Waals surface area contributed by atoms with Crippen molar-refractivity contribution in [2.24, 2.45) is 0 Å². The number of hydrogen-bond acceptors (Lipinski definition) is 6. The first-order chi connectivity index (χ1) is 13.6. The molecule has 0 atom stereocenters. The van der Waals surface area contributed by atoms with E-state index in [1.165, 1.54) is 9.71 Å². The second kappa shape index (κ2) is 6.67. The Morgan fingerprint density at radius 1 is 1.18 bits per heavy atom. The number of fused-ring (bicyclic) bond motifs is 2. The summed E-state index contributed by atoms with van der Waals surface area (Å²) in [6.45, 7) is 5.17. The van der Waals surface area contributed by atoms with E-state index in [2.05, 4.69) is 28.3 Å². The van der Waals surface area contributed by atoms with E-state index in [1.807, 2.05) is 30.9 Å². The van der Waals surface area contributed by atoms with Gasteiger partial charge in [-0.1, -0.05) is 17.3 Å². The van der Waals surface area contributed by atoms with Crippen LogP contribution in [0.1, 0.15) is 45.5 Å². The van der Waals surface area contributed by atoms with Crippen LogP contribution in [0.4, 0.5) is 0 Å². The molecule has 1 amide bonds. The second-order valence-electron chi connectivity index (χ2n) is 7.35. The number of aryl methyl sites for hydroxylation is 2. The summed E-state index contributed by atoms with van der Waals surface area (Å²) >= 11 is 1.77. The van der Waals surface area contributed by atoms with Crippen LogP contribution in [0.5, 0.6) is 0 Å². The summed E-state index contributed by atoms with van der Waals surface area (Å²) in [4.78, 5) is 24.3. The number of likely N-dealkylation sites (tertiary alicyclic amines) is 1. The Morgan fingerprint density at radius 3 is 2.75 bits per heavy atom. The molecule has 5 rings (SSSR count). The summed E-state index contributed by atoms with van der Waals surface area (Å²) in [5.74, 6) is 0.447. The third-order valence-electron chi connectivity index (χ3n) is 5.42. The second-order valence-corrected chi connectivity index (χ2v) is 8.41. The van der Waals surface area contributed by atoms with Crippen LogP contribution in [0.25, 0.3) is 21.3 Å². The molecular weight excluding hydrogens is 372 g/mol. The van der Waals surface area contributed by atoms with Crippen molar-refractivity contribution in [1.29, 1.82) is 0 Å². The maximum absolute atomic E-state index is 13.2. The third kappa shape index (κ3) is 2.86. The molecular formula is C21H20N4O2S. The molecule has 1 saturated heterocycles. The van der Waals surface area contributed by atoms with Gasteiger partial charge in [0.1, 0.15) is 0 Å². The fraction of sp³-hybridized carbons (Fsp3) is 0.333. The zero-order chi connectivity index (χ0) is 19.3. The number of rotatable bonds is 2. The number of carbonyl (C=O) groups is 1. The van der Waals surface area contributed by atoms with Crippen molar-refractivity contribution in [3.8, 4) is 0 Å². The average molecular weight is 392 g/mol. The predicted octanol–water partition coefficient (Wildman–Crippen LogP) is 4.47. The number of piperidine rings is 1. The Balaban J connectivity index is 1.37. The molecule has 0 spiro atoms. The van der Waals surface area contributed by atoms with Crippen molar-refractivity contribution < 1.29 is 9.32 Å². The number of benzene rings is 1. The van der Waals surface area contributed by atoms with Gasteiger partial charge in [0.15, 0.2) is 0 Å². The van der Waals surface area contributed by atoms with Gasteiger partial charge in [-0.3, -0.25) is 4.79 Å². The zero-order valence-electron chi connectivity index (χ0n) is 15.8. The van der Waals surface area contributed by atoms with Crippen molar-refractivity contribution in [3.05, 3.63) is 52.3 Å². The highest BCUT2D eigenvalue weighted by Gasteiger charge is 2.28. The molecule has 4 heterocycles. The fourth-order valence-electron chi connectivity index (χ4n) is 3.95. The Morgan fingerprint density at radius 2 is 1.96 bits per heavy atom. The smallest absolute Gasteiger partial charge is 0.258 e. The minimum atomic E-state index is 0.0320. The number of thiazole rings is 1. The summed E-state index contributed by atoms with van der Waals surface area (Å²) in [6.07, 6.45) is 1.86. The predicted molar refractivity (Wildman–Crippen MR) is 109 cm³/mol. The quantitative estimate of drug-likeness (QED) is 0.503. The highest BCUT2D eigenvalue weighted by molar-refractivity contribution is 7.18. The summed E-state index contributed by atoms with van der Waals surface area (Å²) in [7, 11) is 0. The Bertz CT molecular complexity index is 1150. The van der Waals surface area contributed by atoms with E-state index in [0.29, 0.717) is 22.9 Å². The molecule has 0 bridgehead atoms. The van der Waals surface area contributed by atoms with Gasteiger partial charge < -0.3 is 9.42 Å². The molecule has 1 aromatic carbocycles. The van der Waals surface area contributed by atoms with Gasteiger partial charge in [0.2, 0.25) is 0 Å². The summed E-state index contributed by atoms with van der Waals surface area (Å²) in [6, 6.07) is 10.1. The van der Waals surface area contributed by atoms with E-state index in [0.717, 1.165) is 42.5 Å². The summed E-state index contributed by atoms with van der Waals surface area (Å²) < 4.78 is 6.50. The van der Waals surface area contributed by atoms with Crippen molar-refractivity contribution in [1.82, 2.24) is 20.0 Å². The lowest BCUT2D eigenvalue weighted by Gasteiger charge is -2.31. The van der Waals surface area contributed by atoms with Crippen LogP contribution in [0.3, 0.4) is 0 Å². The highest BCUT2D eigenvalue weighted by atomic mass is 32.1. The van der Waals surface area contributed by atoms with Gasteiger partial charge in [-0.25, -0.2) is 9.97 Å². The van der Waals surface area contributed by atoms with Crippen molar-refractivity contribution in [3.63, 3.8) is 0 Å². The van der Waals surface area contributed by atoms with Gasteiger partial charge in [0, 0.05) is 24.7 Å². The molecule has 7 heteroatoms. The molecule has 0 unspecified atom stereocenters. The Kier molecular flexibility index (Phi) is 4.12. The Hall–Kier alpha value is -2.80. The maximum atomic E-state index is 13.2. The molecule has 0 N–H and O–H groups in total. The third-order valence-corrected chi connectivity index (χ3v) is 6.62. The normalized spacial score (nSPS) is 15.6. The van der Waals surface area contributed by atoms with Crippen LogP contribution in [-0.2, 0) is 0 Å². The molecule has 1 aliphatic rings. The molecule has 28 heavy (non-hydrogen) atoms. The van der Waals surface area contributed by atoms with E-state index < -0.39 is 0 Å². The largest absolute Gasteiger partial charge is 0.339 e. The van der Waals surface area contributed by atoms with Crippen LogP contribution in [0.15, 0.2) is 34.9 Å². The standard InChI is InChI=1S/C21H20N4O2S/c1-12-11-15(18-13(2)24-27-19(18)22-12)21(26)25-9-7-14(8-10-25)20-23-16-5-3-4-6-17(16)28-20/h3-6,11,14H,7-10H2,1-2H3. The van der Waals surface area contributed by atoms with E-state index in [1.54, 1.807) is 11.3 Å². The maximum Gasteiger partial charge on any atom is 0.258 e. The number of para-hydroxylation sites is 1. The van der Waals surface area contributed by atoms with Crippen LogP contribution in [-0.4, -0.2) is 39.0 Å². The van der Waals surface area contributed by atoms with Gasteiger partial charge in [0.05, 0.1) is 31.9 Å². The molecule has 0 saturated carbocycles. The summed E-state index contributed by atoms with van der Waals surface area (Å²) in [5.41, 5.74) is 3.61. The number of nitrogens with zero attached hydrogens (tertiary/aromatic N) is 4. The van der Waals surface area contributed by atoms with E-state index in [9.17, 15) is 4.79 Å². The van der Waals surface area contributed by atoms with E-state index in [-0.39, 0.29) is 5.91 Å². The number of amides is 1. The number of aromatic nitrogens is 3. The zero-order valence-corrected chi connectivity index (χ0v) is 16.6. The fourth-order valence-corrected chi connectivity index (χ4v) is 5.09. The monoisotopic (exact) mass is 392 g/mol. The molecule has 0 radical (unpaired) electrons. The van der Waals surface area contributed by atoms with Crippen molar-refractivity contribution in [2.75, 3.05) is 13.1 Å². The first-order valence-electron chi connectivity index (χ1n) is 9.48. The molecule has 0 aliphatic carbocycles. The first kappa shape index (κ1) is 17.3. The molecule has 1 fully saturated rings. The average Bonchev–Trinajstić information content (AvgIpc) is 3.31. The number of carbonyl (C=O) groups excluding carboxylic acids is 1. The number of hydrogen-bond donors (Lipinski definition) is 0. The van der Waals surface area contributed by atoms with Crippen LogP contribution in [0, 0.1) is 13.8 Å².